The van der Waals surface area contributed by atoms with E-state index in [2.05, 4.69) is 5.32 Å². The van der Waals surface area contributed by atoms with Gasteiger partial charge in [0.2, 0.25) is 0 Å². The van der Waals surface area contributed by atoms with Gasteiger partial charge in [-0.2, -0.15) is 0 Å². The summed E-state index contributed by atoms with van der Waals surface area (Å²) in [5.74, 6) is -2.75. The van der Waals surface area contributed by atoms with Crippen LogP contribution in [0.1, 0.15) is 10.4 Å². The first kappa shape index (κ1) is 13.3. The van der Waals surface area contributed by atoms with Crippen molar-refractivity contribution in [1.82, 2.24) is 0 Å². The lowest BCUT2D eigenvalue weighted by Gasteiger charge is -2.08. The summed E-state index contributed by atoms with van der Waals surface area (Å²) in [5.41, 5.74) is -0.290. The lowest BCUT2D eigenvalue weighted by Crippen LogP contribution is -2.13. The molecule has 0 aliphatic rings. The maximum atomic E-state index is 13.6. The van der Waals surface area contributed by atoms with Crippen LogP contribution in [0.4, 0.5) is 14.5 Å². The lowest BCUT2D eigenvalue weighted by atomic mass is 10.1. The highest BCUT2D eigenvalue weighted by molar-refractivity contribution is 6.31. The van der Waals surface area contributed by atoms with Crippen molar-refractivity contribution in [3.8, 4) is 5.75 Å². The number of amides is 1. The largest absolute Gasteiger partial charge is 0.507 e. The quantitative estimate of drug-likeness (QED) is 0.885. The third-order valence-corrected chi connectivity index (χ3v) is 2.70. The van der Waals surface area contributed by atoms with Crippen LogP contribution in [0.25, 0.3) is 0 Å². The Morgan fingerprint density at radius 3 is 2.63 bits per heavy atom. The first-order valence-electron chi connectivity index (χ1n) is 5.23. The zero-order valence-corrected chi connectivity index (χ0v) is 10.2. The highest BCUT2D eigenvalue weighted by Gasteiger charge is 2.14. The molecule has 0 aliphatic heterocycles. The van der Waals surface area contributed by atoms with E-state index in [1.807, 2.05) is 0 Å². The van der Waals surface area contributed by atoms with Crippen LogP contribution in [-0.4, -0.2) is 11.0 Å². The van der Waals surface area contributed by atoms with E-state index in [1.165, 1.54) is 18.2 Å². The van der Waals surface area contributed by atoms with Crippen LogP contribution in [0.3, 0.4) is 0 Å². The molecule has 0 bridgehead atoms. The van der Waals surface area contributed by atoms with Gasteiger partial charge in [-0.15, -0.1) is 0 Å². The summed E-state index contributed by atoms with van der Waals surface area (Å²) in [6, 6.07) is 7.03. The number of anilines is 1. The number of carbonyl (C=O) groups is 1. The van der Waals surface area contributed by atoms with Gasteiger partial charge in [-0.3, -0.25) is 4.79 Å². The van der Waals surface area contributed by atoms with Crippen molar-refractivity contribution in [2.45, 2.75) is 0 Å². The van der Waals surface area contributed by atoms with Crippen molar-refractivity contribution in [3.63, 3.8) is 0 Å². The molecule has 0 spiro atoms. The Kier molecular flexibility index (Phi) is 3.66. The van der Waals surface area contributed by atoms with Crippen LogP contribution in [0.15, 0.2) is 36.4 Å². The summed E-state index contributed by atoms with van der Waals surface area (Å²) in [7, 11) is 0. The van der Waals surface area contributed by atoms with E-state index in [1.54, 1.807) is 0 Å². The van der Waals surface area contributed by atoms with Crippen LogP contribution in [0, 0.1) is 11.6 Å². The molecule has 2 N–H and O–H groups in total. The maximum Gasteiger partial charge on any atom is 0.259 e. The number of phenols is 1. The minimum absolute atomic E-state index is 0.124. The second kappa shape index (κ2) is 5.24. The fraction of sp³-hybridized carbons (Fsp3) is 0. The molecule has 0 atom stereocenters. The predicted molar refractivity (Wildman–Crippen MR) is 67.4 cm³/mol. The molecule has 1 amide bonds. The number of rotatable bonds is 2. The Hall–Kier alpha value is -2.14. The summed E-state index contributed by atoms with van der Waals surface area (Å²) in [5, 5.41) is 11.6. The Bertz CT molecular complexity index is 647. The molecule has 2 aromatic carbocycles. The number of aromatic hydroxyl groups is 1. The van der Waals surface area contributed by atoms with Gasteiger partial charge in [-0.25, -0.2) is 8.78 Å². The van der Waals surface area contributed by atoms with Crippen molar-refractivity contribution in [2.24, 2.45) is 0 Å². The second-order valence-electron chi connectivity index (χ2n) is 3.72. The Labute approximate surface area is 112 Å². The molecule has 0 saturated heterocycles. The molecule has 19 heavy (non-hydrogen) atoms. The average molecular weight is 284 g/mol. The summed E-state index contributed by atoms with van der Waals surface area (Å²) >= 11 is 5.57. The fourth-order valence-corrected chi connectivity index (χ4v) is 1.66. The molecule has 0 heterocycles. The Balaban J connectivity index is 2.28. The molecule has 3 nitrogen and oxygen atoms in total. The standard InChI is InChI=1S/C13H8ClF2NO2/c14-9-2-1-3-10(12(9)16)17-13(19)8-5-4-7(15)6-11(8)18/h1-6,18H,(H,17,19). The maximum absolute atomic E-state index is 13.6. The average Bonchev–Trinajstić information content (AvgIpc) is 2.34. The van der Waals surface area contributed by atoms with Gasteiger partial charge >= 0.3 is 0 Å². The predicted octanol–water partition coefficient (Wildman–Crippen LogP) is 3.58. The fourth-order valence-electron chi connectivity index (χ4n) is 1.49. The molecule has 0 aromatic heterocycles. The van der Waals surface area contributed by atoms with E-state index in [0.717, 1.165) is 18.2 Å². The highest BCUT2D eigenvalue weighted by atomic mass is 35.5. The van der Waals surface area contributed by atoms with Crippen LogP contribution in [0.2, 0.25) is 5.02 Å². The van der Waals surface area contributed by atoms with E-state index in [4.69, 9.17) is 11.6 Å². The van der Waals surface area contributed by atoms with E-state index in [-0.39, 0.29) is 16.3 Å². The van der Waals surface area contributed by atoms with Crippen molar-refractivity contribution in [2.75, 3.05) is 5.32 Å². The monoisotopic (exact) mass is 283 g/mol. The summed E-state index contributed by atoms with van der Waals surface area (Å²) in [6.07, 6.45) is 0. The first-order valence-corrected chi connectivity index (χ1v) is 5.60. The third-order valence-electron chi connectivity index (χ3n) is 2.40. The van der Waals surface area contributed by atoms with Gasteiger partial charge in [-0.1, -0.05) is 17.7 Å². The molecule has 98 valence electrons. The summed E-state index contributed by atoms with van der Waals surface area (Å²) < 4.78 is 26.4. The van der Waals surface area contributed by atoms with Crippen molar-refractivity contribution < 1.29 is 18.7 Å². The van der Waals surface area contributed by atoms with Gasteiger partial charge in [-0.05, 0) is 24.3 Å². The number of benzene rings is 2. The first-order chi connectivity index (χ1) is 8.99. The highest BCUT2D eigenvalue weighted by Crippen LogP contribution is 2.24. The van der Waals surface area contributed by atoms with Gasteiger partial charge in [0.15, 0.2) is 5.82 Å². The zero-order chi connectivity index (χ0) is 14.0. The molecule has 2 rings (SSSR count). The number of halogens is 3. The molecular formula is C13H8ClF2NO2. The minimum Gasteiger partial charge on any atom is -0.507 e. The number of carbonyl (C=O) groups excluding carboxylic acids is 1. The number of hydrogen-bond donors (Lipinski definition) is 2. The van der Waals surface area contributed by atoms with Gasteiger partial charge in [0.05, 0.1) is 16.3 Å². The molecule has 0 aliphatic carbocycles. The van der Waals surface area contributed by atoms with Crippen LogP contribution in [-0.2, 0) is 0 Å². The second-order valence-corrected chi connectivity index (χ2v) is 4.12. The molecule has 0 fully saturated rings. The van der Waals surface area contributed by atoms with Gasteiger partial charge in [0, 0.05) is 6.07 Å². The summed E-state index contributed by atoms with van der Waals surface area (Å²) in [6.45, 7) is 0. The SMILES string of the molecule is O=C(Nc1cccc(Cl)c1F)c1ccc(F)cc1O. The Morgan fingerprint density at radius 1 is 1.21 bits per heavy atom. The van der Waals surface area contributed by atoms with Crippen LogP contribution in [0.5, 0.6) is 5.75 Å². The van der Waals surface area contributed by atoms with E-state index >= 15 is 0 Å². The number of hydrogen-bond acceptors (Lipinski definition) is 2. The molecule has 2 aromatic rings. The van der Waals surface area contributed by atoms with Crippen molar-refractivity contribution in [3.05, 3.63) is 58.6 Å². The topological polar surface area (TPSA) is 49.3 Å². The zero-order valence-electron chi connectivity index (χ0n) is 9.45. The minimum atomic E-state index is -0.779. The summed E-state index contributed by atoms with van der Waals surface area (Å²) in [4.78, 5) is 11.8. The van der Waals surface area contributed by atoms with Gasteiger partial charge in [0.1, 0.15) is 11.6 Å². The smallest absolute Gasteiger partial charge is 0.259 e. The van der Waals surface area contributed by atoms with Crippen molar-refractivity contribution in [1.29, 1.82) is 0 Å². The number of phenolic OH excluding ortho intramolecular Hbond substituents is 1. The molecule has 0 unspecified atom stereocenters. The van der Waals surface area contributed by atoms with Crippen LogP contribution < -0.4 is 5.32 Å². The van der Waals surface area contributed by atoms with E-state index in [9.17, 15) is 18.7 Å². The number of nitrogens with one attached hydrogen (secondary N) is 1. The molecule has 0 radical (unpaired) electrons. The Morgan fingerprint density at radius 2 is 1.95 bits per heavy atom. The van der Waals surface area contributed by atoms with Gasteiger partial charge < -0.3 is 10.4 Å². The van der Waals surface area contributed by atoms with Crippen molar-refractivity contribution >= 4 is 23.2 Å². The van der Waals surface area contributed by atoms with Crippen LogP contribution >= 0.6 is 11.6 Å². The molecular weight excluding hydrogens is 276 g/mol. The van der Waals surface area contributed by atoms with E-state index in [0.29, 0.717) is 0 Å². The lowest BCUT2D eigenvalue weighted by molar-refractivity contribution is 0.102. The normalized spacial score (nSPS) is 10.3. The molecule has 0 saturated carbocycles. The molecule has 6 heteroatoms. The van der Waals surface area contributed by atoms with Gasteiger partial charge in [0.25, 0.3) is 5.91 Å². The van der Waals surface area contributed by atoms with E-state index < -0.39 is 23.3 Å². The third kappa shape index (κ3) is 2.82.